The van der Waals surface area contributed by atoms with Gasteiger partial charge in [0.05, 0.1) is 5.69 Å². The molecule has 0 aliphatic carbocycles. The van der Waals surface area contributed by atoms with Crippen molar-refractivity contribution >= 4 is 24.3 Å². The fourth-order valence-electron chi connectivity index (χ4n) is 0.935. The molecule has 0 bridgehead atoms. The van der Waals surface area contributed by atoms with E-state index >= 15 is 0 Å². The predicted molar refractivity (Wildman–Crippen MR) is 51.3 cm³/mol. The Hall–Kier alpha value is -2.37. The van der Waals surface area contributed by atoms with Gasteiger partial charge in [0.2, 0.25) is 0 Å². The number of amides is 2. The van der Waals surface area contributed by atoms with E-state index in [1.54, 1.807) is 0 Å². The Morgan fingerprint density at radius 2 is 2.00 bits per heavy atom. The molecule has 6 heteroatoms. The second kappa shape index (κ2) is 4.75. The number of hydrogen-bond acceptors (Lipinski definition) is 4. The SMILES string of the molecule is NC(=O)/N=N/c1ccc(C=O)cc1C=O. The maximum absolute atomic E-state index is 10.6. The number of urea groups is 1. The van der Waals surface area contributed by atoms with Crippen LogP contribution in [0.1, 0.15) is 20.7 Å². The van der Waals surface area contributed by atoms with E-state index in [0.717, 1.165) is 0 Å². The molecule has 0 unspecified atom stereocenters. The van der Waals surface area contributed by atoms with E-state index in [1.165, 1.54) is 18.2 Å². The van der Waals surface area contributed by atoms with Crippen LogP contribution < -0.4 is 5.73 Å². The van der Waals surface area contributed by atoms with E-state index in [2.05, 4.69) is 10.2 Å². The van der Waals surface area contributed by atoms with Crippen LogP contribution in [0.2, 0.25) is 0 Å². The lowest BCUT2D eigenvalue weighted by atomic mass is 10.1. The van der Waals surface area contributed by atoms with E-state index in [1.807, 2.05) is 0 Å². The number of nitrogens with two attached hydrogens (primary N) is 1. The van der Waals surface area contributed by atoms with Gasteiger partial charge in [-0.3, -0.25) is 9.59 Å². The summed E-state index contributed by atoms with van der Waals surface area (Å²) in [6.07, 6.45) is 1.12. The Bertz CT molecular complexity index is 440. The van der Waals surface area contributed by atoms with Gasteiger partial charge >= 0.3 is 6.03 Å². The monoisotopic (exact) mass is 205 g/mol. The molecular formula is C9H7N3O3. The van der Waals surface area contributed by atoms with Crippen molar-refractivity contribution in [3.63, 3.8) is 0 Å². The standard InChI is InChI=1S/C9H7N3O3/c10-9(15)12-11-8-2-1-6(4-13)3-7(8)5-14/h1-5H,(H2,10,15)/b12-11+. The molecule has 6 nitrogen and oxygen atoms in total. The molecule has 15 heavy (non-hydrogen) atoms. The summed E-state index contributed by atoms with van der Waals surface area (Å²) in [6, 6.07) is 3.25. The minimum atomic E-state index is -0.952. The number of benzene rings is 1. The van der Waals surface area contributed by atoms with Crippen LogP contribution >= 0.6 is 0 Å². The van der Waals surface area contributed by atoms with E-state index < -0.39 is 6.03 Å². The van der Waals surface area contributed by atoms with Crippen molar-refractivity contribution in [2.75, 3.05) is 0 Å². The van der Waals surface area contributed by atoms with Crippen molar-refractivity contribution in [3.05, 3.63) is 29.3 Å². The van der Waals surface area contributed by atoms with Gasteiger partial charge in [0.15, 0.2) is 6.29 Å². The Labute approximate surface area is 84.8 Å². The molecule has 0 aromatic heterocycles. The number of hydrogen-bond donors (Lipinski definition) is 1. The van der Waals surface area contributed by atoms with Gasteiger partial charge in [0.25, 0.3) is 0 Å². The van der Waals surface area contributed by atoms with Crippen LogP contribution in [-0.4, -0.2) is 18.6 Å². The third-order valence-electron chi connectivity index (χ3n) is 1.57. The molecule has 0 fully saturated rings. The van der Waals surface area contributed by atoms with E-state index in [9.17, 15) is 14.4 Å². The largest absolute Gasteiger partial charge is 0.356 e. The van der Waals surface area contributed by atoms with Crippen molar-refractivity contribution in [1.29, 1.82) is 0 Å². The Morgan fingerprint density at radius 1 is 1.27 bits per heavy atom. The summed E-state index contributed by atoms with van der Waals surface area (Å²) in [4.78, 5) is 31.3. The molecule has 0 aliphatic heterocycles. The summed E-state index contributed by atoms with van der Waals surface area (Å²) < 4.78 is 0. The first-order valence-electron chi connectivity index (χ1n) is 3.93. The van der Waals surface area contributed by atoms with Crippen LogP contribution in [0.4, 0.5) is 10.5 Å². The number of carbonyl (C=O) groups is 3. The van der Waals surface area contributed by atoms with Gasteiger partial charge < -0.3 is 5.73 Å². The molecule has 2 amide bonds. The van der Waals surface area contributed by atoms with E-state index in [-0.39, 0.29) is 11.3 Å². The second-order valence-electron chi connectivity index (χ2n) is 2.59. The van der Waals surface area contributed by atoms with Gasteiger partial charge in [-0.15, -0.1) is 5.11 Å². The smallest absolute Gasteiger partial charge is 0.348 e. The first-order chi connectivity index (χ1) is 7.17. The molecule has 0 heterocycles. The summed E-state index contributed by atoms with van der Waals surface area (Å²) in [5.74, 6) is 0. The molecule has 1 aromatic rings. The highest BCUT2D eigenvalue weighted by atomic mass is 16.2. The highest BCUT2D eigenvalue weighted by Crippen LogP contribution is 2.18. The molecule has 76 valence electrons. The summed E-state index contributed by atoms with van der Waals surface area (Å²) in [6.45, 7) is 0. The maximum atomic E-state index is 10.6. The van der Waals surface area contributed by atoms with E-state index in [4.69, 9.17) is 5.73 Å². The lowest BCUT2D eigenvalue weighted by molar-refractivity contribution is 0.112. The summed E-state index contributed by atoms with van der Waals surface area (Å²) >= 11 is 0. The molecule has 1 rings (SSSR count). The number of rotatable bonds is 3. The molecule has 1 aromatic carbocycles. The molecule has 0 saturated carbocycles. The zero-order chi connectivity index (χ0) is 11.3. The highest BCUT2D eigenvalue weighted by molar-refractivity contribution is 5.87. The van der Waals surface area contributed by atoms with Crippen LogP contribution in [0.25, 0.3) is 0 Å². The molecule has 0 saturated heterocycles. The average Bonchev–Trinajstić information content (AvgIpc) is 2.25. The number of primary amides is 1. The third-order valence-corrected chi connectivity index (χ3v) is 1.57. The Kier molecular flexibility index (Phi) is 3.39. The number of aldehydes is 2. The van der Waals surface area contributed by atoms with Gasteiger partial charge in [-0.2, -0.15) is 0 Å². The Morgan fingerprint density at radius 3 is 2.53 bits per heavy atom. The fraction of sp³-hybridized carbons (Fsp3) is 0. The van der Waals surface area contributed by atoms with Crippen LogP contribution in [0.15, 0.2) is 28.4 Å². The number of nitrogens with zero attached hydrogens (tertiary/aromatic N) is 2. The van der Waals surface area contributed by atoms with Crippen molar-refractivity contribution in [2.45, 2.75) is 0 Å². The lowest BCUT2D eigenvalue weighted by Crippen LogP contribution is -2.02. The topological polar surface area (TPSA) is 102 Å². The normalized spacial score (nSPS) is 10.1. The van der Waals surface area contributed by atoms with Gasteiger partial charge in [-0.1, -0.05) is 5.11 Å². The average molecular weight is 205 g/mol. The zero-order valence-electron chi connectivity index (χ0n) is 7.58. The van der Waals surface area contributed by atoms with Gasteiger partial charge in [0, 0.05) is 11.1 Å². The fourth-order valence-corrected chi connectivity index (χ4v) is 0.935. The van der Waals surface area contributed by atoms with Gasteiger partial charge in [-0.05, 0) is 18.2 Å². The summed E-state index contributed by atoms with van der Waals surface area (Å²) in [5.41, 5.74) is 5.45. The summed E-state index contributed by atoms with van der Waals surface area (Å²) in [5, 5.41) is 6.53. The van der Waals surface area contributed by atoms with Crippen LogP contribution in [0, 0.1) is 0 Å². The van der Waals surface area contributed by atoms with Crippen molar-refractivity contribution in [3.8, 4) is 0 Å². The van der Waals surface area contributed by atoms with Crippen LogP contribution in [0.3, 0.4) is 0 Å². The minimum absolute atomic E-state index is 0.171. The molecule has 0 spiro atoms. The van der Waals surface area contributed by atoms with E-state index in [0.29, 0.717) is 18.1 Å². The highest BCUT2D eigenvalue weighted by Gasteiger charge is 2.02. The zero-order valence-corrected chi connectivity index (χ0v) is 7.58. The Balaban J connectivity index is 3.13. The van der Waals surface area contributed by atoms with Crippen LogP contribution in [-0.2, 0) is 0 Å². The second-order valence-corrected chi connectivity index (χ2v) is 2.59. The molecule has 0 atom stereocenters. The third kappa shape index (κ3) is 2.80. The first-order valence-corrected chi connectivity index (χ1v) is 3.93. The minimum Gasteiger partial charge on any atom is -0.348 e. The number of carbonyl (C=O) groups excluding carboxylic acids is 3. The quantitative estimate of drug-likeness (QED) is 0.596. The maximum Gasteiger partial charge on any atom is 0.356 e. The molecular weight excluding hydrogens is 198 g/mol. The van der Waals surface area contributed by atoms with Crippen molar-refractivity contribution < 1.29 is 14.4 Å². The predicted octanol–water partition coefficient (Wildman–Crippen LogP) is 1.47. The molecule has 0 radical (unpaired) electrons. The molecule has 0 aliphatic rings. The van der Waals surface area contributed by atoms with Crippen LogP contribution in [0.5, 0.6) is 0 Å². The van der Waals surface area contributed by atoms with Crippen molar-refractivity contribution in [2.24, 2.45) is 16.0 Å². The lowest BCUT2D eigenvalue weighted by Gasteiger charge is -1.97. The molecule has 2 N–H and O–H groups in total. The van der Waals surface area contributed by atoms with Crippen molar-refractivity contribution in [1.82, 2.24) is 0 Å². The summed E-state index contributed by atoms with van der Waals surface area (Å²) in [7, 11) is 0. The van der Waals surface area contributed by atoms with Gasteiger partial charge in [-0.25, -0.2) is 4.79 Å². The first kappa shape index (κ1) is 10.7. The number of azo groups is 1. The van der Waals surface area contributed by atoms with Gasteiger partial charge in [0.1, 0.15) is 6.29 Å².